The van der Waals surface area contributed by atoms with Crippen LogP contribution in [0.25, 0.3) is 11.3 Å². The Balaban J connectivity index is 2.17. The van der Waals surface area contributed by atoms with Gasteiger partial charge in [0.15, 0.2) is 0 Å². The molecule has 0 bridgehead atoms. The third-order valence-corrected chi connectivity index (χ3v) is 3.00. The summed E-state index contributed by atoms with van der Waals surface area (Å²) in [6, 6.07) is 2.06. The van der Waals surface area contributed by atoms with Crippen molar-refractivity contribution in [3.63, 3.8) is 0 Å². The largest absolute Gasteiger partial charge is 0.367 e. The van der Waals surface area contributed by atoms with Gasteiger partial charge in [0.05, 0.1) is 12.2 Å². The lowest BCUT2D eigenvalue weighted by Gasteiger charge is -1.99. The fourth-order valence-electron chi connectivity index (χ4n) is 2.32. The molecule has 0 radical (unpaired) electrons. The van der Waals surface area contributed by atoms with E-state index in [1.807, 2.05) is 12.4 Å². The minimum Gasteiger partial charge on any atom is -0.367 e. The first-order valence-corrected chi connectivity index (χ1v) is 5.31. The summed E-state index contributed by atoms with van der Waals surface area (Å²) in [6.45, 7) is 1.59. The van der Waals surface area contributed by atoms with Crippen LogP contribution in [-0.4, -0.2) is 14.5 Å². The molecule has 0 aromatic carbocycles. The van der Waals surface area contributed by atoms with Crippen molar-refractivity contribution in [3.05, 3.63) is 30.0 Å². The second kappa shape index (κ2) is 3.24. The molecule has 0 saturated heterocycles. The van der Waals surface area contributed by atoms with Gasteiger partial charge in [-0.3, -0.25) is 0 Å². The summed E-state index contributed by atoms with van der Waals surface area (Å²) in [5.74, 6) is 1.01. The number of nitrogens with zero attached hydrogens (tertiary/aromatic N) is 2. The van der Waals surface area contributed by atoms with E-state index in [1.165, 1.54) is 17.7 Å². The monoisotopic (exact) mass is 202 g/mol. The Labute approximate surface area is 88.1 Å². The molecule has 2 aromatic heterocycles. The summed E-state index contributed by atoms with van der Waals surface area (Å²) < 4.78 is 2.27. The number of nitrogens with two attached hydrogens (primary N) is 1. The summed E-state index contributed by atoms with van der Waals surface area (Å²) in [6.07, 6.45) is 6.25. The number of rotatable bonds is 2. The predicted molar refractivity (Wildman–Crippen MR) is 58.2 cm³/mol. The van der Waals surface area contributed by atoms with Gasteiger partial charge in [0.25, 0.3) is 0 Å². The first-order valence-electron chi connectivity index (χ1n) is 5.31. The number of aromatic amines is 1. The van der Waals surface area contributed by atoms with Crippen LogP contribution in [0.5, 0.6) is 0 Å². The van der Waals surface area contributed by atoms with Gasteiger partial charge >= 0.3 is 0 Å². The lowest BCUT2D eigenvalue weighted by atomic mass is 10.1. The molecule has 0 amide bonds. The molecule has 0 spiro atoms. The van der Waals surface area contributed by atoms with Gasteiger partial charge < -0.3 is 15.3 Å². The fourth-order valence-corrected chi connectivity index (χ4v) is 2.32. The maximum atomic E-state index is 5.70. The Hall–Kier alpha value is -1.55. The van der Waals surface area contributed by atoms with Crippen LogP contribution in [0, 0.1) is 0 Å². The van der Waals surface area contributed by atoms with Crippen LogP contribution in [-0.2, 0) is 19.5 Å². The molecule has 1 aliphatic rings. The normalized spacial score (nSPS) is 14.5. The zero-order valence-electron chi connectivity index (χ0n) is 8.53. The van der Waals surface area contributed by atoms with Crippen molar-refractivity contribution >= 4 is 0 Å². The first-order chi connectivity index (χ1) is 7.40. The number of aromatic nitrogens is 3. The van der Waals surface area contributed by atoms with E-state index in [9.17, 15) is 0 Å². The van der Waals surface area contributed by atoms with E-state index in [1.54, 1.807) is 0 Å². The molecule has 3 rings (SSSR count). The van der Waals surface area contributed by atoms with Crippen molar-refractivity contribution in [2.45, 2.75) is 25.9 Å². The highest BCUT2D eigenvalue weighted by Gasteiger charge is 2.21. The van der Waals surface area contributed by atoms with E-state index < -0.39 is 0 Å². The number of H-pyrrole nitrogens is 1. The van der Waals surface area contributed by atoms with Crippen molar-refractivity contribution < 1.29 is 0 Å². The Bertz CT molecular complexity index is 467. The molecule has 0 saturated carbocycles. The van der Waals surface area contributed by atoms with Gasteiger partial charge in [-0.15, -0.1) is 0 Å². The molecule has 4 nitrogen and oxygen atoms in total. The first kappa shape index (κ1) is 8.73. The highest BCUT2D eigenvalue weighted by molar-refractivity contribution is 5.62. The molecule has 0 atom stereocenters. The molecule has 15 heavy (non-hydrogen) atoms. The summed E-state index contributed by atoms with van der Waals surface area (Å²) in [5.41, 5.74) is 9.31. The van der Waals surface area contributed by atoms with Gasteiger partial charge in [-0.25, -0.2) is 4.98 Å². The van der Waals surface area contributed by atoms with Crippen LogP contribution < -0.4 is 5.73 Å². The number of hydrogen-bond donors (Lipinski definition) is 2. The average Bonchev–Trinajstić information content (AvgIpc) is 2.94. The molecule has 78 valence electrons. The van der Waals surface area contributed by atoms with E-state index in [0.29, 0.717) is 6.54 Å². The van der Waals surface area contributed by atoms with E-state index in [2.05, 4.69) is 20.6 Å². The minimum atomic E-state index is 0.525. The van der Waals surface area contributed by atoms with Crippen LogP contribution in [0.4, 0.5) is 0 Å². The van der Waals surface area contributed by atoms with E-state index in [4.69, 9.17) is 5.73 Å². The molecule has 0 aliphatic carbocycles. The highest BCUT2D eigenvalue weighted by atomic mass is 15.1. The molecule has 0 fully saturated rings. The maximum Gasteiger partial charge on any atom is 0.123 e. The molecule has 1 aliphatic heterocycles. The van der Waals surface area contributed by atoms with Crippen molar-refractivity contribution in [1.29, 1.82) is 0 Å². The Morgan fingerprint density at radius 1 is 1.53 bits per heavy atom. The quantitative estimate of drug-likeness (QED) is 0.770. The topological polar surface area (TPSA) is 59.6 Å². The standard InChI is InChI=1S/C11H14N4/c12-6-10-14-11(8-3-4-13-7-8)9-2-1-5-15(9)10/h3-4,7,13H,1-2,5-6,12H2. The van der Waals surface area contributed by atoms with Gasteiger partial charge in [0.1, 0.15) is 5.82 Å². The fraction of sp³-hybridized carbons (Fsp3) is 0.364. The van der Waals surface area contributed by atoms with Crippen molar-refractivity contribution in [3.8, 4) is 11.3 Å². The average molecular weight is 202 g/mol. The summed E-state index contributed by atoms with van der Waals surface area (Å²) in [4.78, 5) is 7.68. The van der Waals surface area contributed by atoms with Gasteiger partial charge in [-0.1, -0.05) is 0 Å². The van der Waals surface area contributed by atoms with Gasteiger partial charge in [-0.2, -0.15) is 0 Å². The van der Waals surface area contributed by atoms with Gasteiger partial charge in [0, 0.05) is 30.2 Å². The van der Waals surface area contributed by atoms with Crippen LogP contribution in [0.3, 0.4) is 0 Å². The van der Waals surface area contributed by atoms with Crippen LogP contribution in [0.2, 0.25) is 0 Å². The molecule has 3 N–H and O–H groups in total. The summed E-state index contributed by atoms with van der Waals surface area (Å²) in [5, 5.41) is 0. The van der Waals surface area contributed by atoms with Crippen molar-refractivity contribution in [2.75, 3.05) is 0 Å². The number of nitrogens with one attached hydrogen (secondary N) is 1. The Morgan fingerprint density at radius 2 is 2.47 bits per heavy atom. The molecular weight excluding hydrogens is 188 g/mol. The lowest BCUT2D eigenvalue weighted by molar-refractivity contribution is 0.689. The molecular formula is C11H14N4. The molecule has 0 unspecified atom stereocenters. The Kier molecular flexibility index (Phi) is 1.89. The number of hydrogen-bond acceptors (Lipinski definition) is 2. The minimum absolute atomic E-state index is 0.525. The highest BCUT2D eigenvalue weighted by Crippen LogP contribution is 2.28. The second-order valence-corrected chi connectivity index (χ2v) is 3.88. The van der Waals surface area contributed by atoms with E-state index >= 15 is 0 Å². The van der Waals surface area contributed by atoms with Gasteiger partial charge in [-0.05, 0) is 18.9 Å². The Morgan fingerprint density at radius 3 is 3.20 bits per heavy atom. The molecule has 4 heteroatoms. The third kappa shape index (κ3) is 1.22. The van der Waals surface area contributed by atoms with Gasteiger partial charge in [0.2, 0.25) is 0 Å². The molecule has 2 aromatic rings. The van der Waals surface area contributed by atoms with Crippen LogP contribution in [0.1, 0.15) is 17.9 Å². The maximum absolute atomic E-state index is 5.70. The van der Waals surface area contributed by atoms with E-state index in [-0.39, 0.29) is 0 Å². The predicted octanol–water partition coefficient (Wildman–Crippen LogP) is 1.28. The zero-order valence-corrected chi connectivity index (χ0v) is 8.53. The zero-order chi connectivity index (χ0) is 10.3. The number of imidazole rings is 1. The van der Waals surface area contributed by atoms with Crippen molar-refractivity contribution in [1.82, 2.24) is 14.5 Å². The van der Waals surface area contributed by atoms with Crippen LogP contribution >= 0.6 is 0 Å². The summed E-state index contributed by atoms with van der Waals surface area (Å²) in [7, 11) is 0. The lowest BCUT2D eigenvalue weighted by Crippen LogP contribution is -2.06. The SMILES string of the molecule is NCc1nc(-c2cc[nH]c2)c2n1CCC2. The number of fused-ring (bicyclic) bond motifs is 1. The molecule has 3 heterocycles. The van der Waals surface area contributed by atoms with Crippen LogP contribution in [0.15, 0.2) is 18.5 Å². The summed E-state index contributed by atoms with van der Waals surface area (Å²) >= 11 is 0. The smallest absolute Gasteiger partial charge is 0.123 e. The second-order valence-electron chi connectivity index (χ2n) is 3.88. The van der Waals surface area contributed by atoms with Crippen molar-refractivity contribution in [2.24, 2.45) is 5.73 Å². The third-order valence-electron chi connectivity index (χ3n) is 3.00. The van der Waals surface area contributed by atoms with E-state index in [0.717, 1.165) is 24.5 Å².